The largest absolute Gasteiger partial charge is 0.366 e. The van der Waals surface area contributed by atoms with Gasteiger partial charge >= 0.3 is 0 Å². The summed E-state index contributed by atoms with van der Waals surface area (Å²) in [7, 11) is 0. The number of hydrogen-bond acceptors (Lipinski definition) is 4. The summed E-state index contributed by atoms with van der Waals surface area (Å²) < 4.78 is 0.848. The maximum absolute atomic E-state index is 12.5. The predicted molar refractivity (Wildman–Crippen MR) is 101 cm³/mol. The molecule has 2 aromatic carbocycles. The zero-order valence-corrected chi connectivity index (χ0v) is 15.1. The van der Waals surface area contributed by atoms with E-state index in [0.29, 0.717) is 31.6 Å². The normalized spacial score (nSPS) is 15.0. The fourth-order valence-corrected chi connectivity index (χ4v) is 3.45. The lowest BCUT2D eigenvalue weighted by atomic mass is 9.95. The molecule has 0 radical (unpaired) electrons. The van der Waals surface area contributed by atoms with E-state index in [-0.39, 0.29) is 22.4 Å². The molecule has 2 aromatic rings. The van der Waals surface area contributed by atoms with Crippen LogP contribution in [-0.2, 0) is 4.79 Å². The van der Waals surface area contributed by atoms with E-state index in [1.54, 1.807) is 18.2 Å². The van der Waals surface area contributed by atoms with E-state index in [4.69, 9.17) is 0 Å². The minimum absolute atomic E-state index is 0.00545. The highest BCUT2D eigenvalue weighted by Gasteiger charge is 2.28. The Morgan fingerprint density at radius 1 is 1.12 bits per heavy atom. The van der Waals surface area contributed by atoms with Gasteiger partial charge in [-0.05, 0) is 47.0 Å². The van der Waals surface area contributed by atoms with Crippen LogP contribution in [0.2, 0.25) is 0 Å². The number of carbonyl (C=O) groups excluding carboxylic acids is 1. The van der Waals surface area contributed by atoms with Gasteiger partial charge in [-0.1, -0.05) is 24.3 Å². The maximum Gasteiger partial charge on any atom is 0.292 e. The number of nitrogens with one attached hydrogen (secondary N) is 1. The van der Waals surface area contributed by atoms with Crippen molar-refractivity contribution in [2.45, 2.75) is 12.8 Å². The Morgan fingerprint density at radius 2 is 1.76 bits per heavy atom. The van der Waals surface area contributed by atoms with E-state index in [2.05, 4.69) is 21.2 Å². The number of rotatable bonds is 4. The summed E-state index contributed by atoms with van der Waals surface area (Å²) in [5, 5.41) is 14.1. The Morgan fingerprint density at radius 3 is 2.44 bits per heavy atom. The van der Waals surface area contributed by atoms with Crippen LogP contribution < -0.4 is 10.2 Å². The molecule has 1 fully saturated rings. The van der Waals surface area contributed by atoms with Crippen LogP contribution in [0.25, 0.3) is 0 Å². The van der Waals surface area contributed by atoms with E-state index in [1.165, 1.54) is 6.07 Å². The van der Waals surface area contributed by atoms with Crippen LogP contribution in [-0.4, -0.2) is 23.9 Å². The number of piperidine rings is 1. The number of benzene rings is 2. The predicted octanol–water partition coefficient (Wildman–Crippen LogP) is 4.21. The molecule has 3 rings (SSSR count). The molecule has 7 heteroatoms. The van der Waals surface area contributed by atoms with Crippen molar-refractivity contribution in [2.24, 2.45) is 5.92 Å². The first-order valence-electron chi connectivity index (χ1n) is 8.10. The Labute approximate surface area is 154 Å². The number of carbonyl (C=O) groups is 1. The molecule has 0 aliphatic carbocycles. The quantitative estimate of drug-likeness (QED) is 0.612. The second kappa shape index (κ2) is 7.65. The summed E-state index contributed by atoms with van der Waals surface area (Å²) in [4.78, 5) is 25.3. The number of halogens is 1. The van der Waals surface area contributed by atoms with Gasteiger partial charge in [-0.3, -0.25) is 14.9 Å². The van der Waals surface area contributed by atoms with Gasteiger partial charge in [-0.15, -0.1) is 0 Å². The van der Waals surface area contributed by atoms with E-state index in [0.717, 1.165) is 10.2 Å². The standard InChI is InChI=1S/C18H18BrN3O3/c19-14-5-1-2-6-15(14)20-18(23)13-9-11-21(12-10-13)16-7-3-4-8-17(16)22(24)25/h1-8,13H,9-12H2,(H,20,23). The Hall–Kier alpha value is -2.41. The fourth-order valence-electron chi connectivity index (χ4n) is 3.07. The molecule has 1 N–H and O–H groups in total. The lowest BCUT2D eigenvalue weighted by molar-refractivity contribution is -0.384. The van der Waals surface area contributed by atoms with Gasteiger partial charge in [0.05, 0.1) is 10.6 Å². The summed E-state index contributed by atoms with van der Waals surface area (Å²) >= 11 is 3.42. The smallest absolute Gasteiger partial charge is 0.292 e. The number of nitro groups is 1. The van der Waals surface area contributed by atoms with Gasteiger partial charge in [0.15, 0.2) is 0 Å². The first-order valence-corrected chi connectivity index (χ1v) is 8.89. The van der Waals surface area contributed by atoms with Crippen LogP contribution in [0, 0.1) is 16.0 Å². The molecular weight excluding hydrogens is 386 g/mol. The van der Waals surface area contributed by atoms with E-state index < -0.39 is 0 Å². The number of nitrogens with zero attached hydrogens (tertiary/aromatic N) is 2. The zero-order chi connectivity index (χ0) is 17.8. The van der Waals surface area contributed by atoms with Gasteiger partial charge in [0.1, 0.15) is 5.69 Å². The average Bonchev–Trinajstić information content (AvgIpc) is 2.63. The molecule has 0 unspecified atom stereocenters. The number of amides is 1. The van der Waals surface area contributed by atoms with Crippen molar-refractivity contribution in [1.82, 2.24) is 0 Å². The average molecular weight is 404 g/mol. The fraction of sp³-hybridized carbons (Fsp3) is 0.278. The Bertz CT molecular complexity index is 789. The van der Waals surface area contributed by atoms with Gasteiger partial charge in [0, 0.05) is 29.5 Å². The molecule has 0 aromatic heterocycles. The Balaban J connectivity index is 1.63. The van der Waals surface area contributed by atoms with Crippen molar-refractivity contribution in [3.63, 3.8) is 0 Å². The highest BCUT2D eigenvalue weighted by Crippen LogP contribution is 2.31. The summed E-state index contributed by atoms with van der Waals surface area (Å²) in [6.07, 6.45) is 1.34. The first kappa shape index (κ1) is 17.4. The highest BCUT2D eigenvalue weighted by molar-refractivity contribution is 9.10. The molecule has 0 spiro atoms. The molecule has 0 saturated carbocycles. The second-order valence-electron chi connectivity index (χ2n) is 5.98. The molecule has 130 valence electrons. The molecule has 1 amide bonds. The zero-order valence-electron chi connectivity index (χ0n) is 13.5. The van der Waals surface area contributed by atoms with E-state index >= 15 is 0 Å². The molecular formula is C18H18BrN3O3. The van der Waals surface area contributed by atoms with Crippen molar-refractivity contribution in [3.8, 4) is 0 Å². The number of para-hydroxylation sites is 3. The second-order valence-corrected chi connectivity index (χ2v) is 6.83. The van der Waals surface area contributed by atoms with Crippen LogP contribution in [0.4, 0.5) is 17.1 Å². The molecule has 1 aliphatic heterocycles. The number of hydrogen-bond donors (Lipinski definition) is 1. The van der Waals surface area contributed by atoms with Crippen LogP contribution in [0.3, 0.4) is 0 Å². The van der Waals surface area contributed by atoms with Crippen molar-refractivity contribution in [2.75, 3.05) is 23.3 Å². The Kier molecular flexibility index (Phi) is 5.33. The summed E-state index contributed by atoms with van der Waals surface area (Å²) in [5.41, 5.74) is 1.49. The topological polar surface area (TPSA) is 75.5 Å². The van der Waals surface area contributed by atoms with Crippen LogP contribution in [0.15, 0.2) is 53.0 Å². The summed E-state index contributed by atoms with van der Waals surface area (Å²) in [5.74, 6) is -0.0970. The lowest BCUT2D eigenvalue weighted by Gasteiger charge is -2.32. The molecule has 6 nitrogen and oxygen atoms in total. The third kappa shape index (κ3) is 3.99. The van der Waals surface area contributed by atoms with E-state index in [9.17, 15) is 14.9 Å². The molecule has 1 heterocycles. The minimum Gasteiger partial charge on any atom is -0.366 e. The van der Waals surface area contributed by atoms with Crippen LogP contribution >= 0.6 is 15.9 Å². The van der Waals surface area contributed by atoms with Crippen molar-refractivity contribution in [3.05, 3.63) is 63.1 Å². The highest BCUT2D eigenvalue weighted by atomic mass is 79.9. The van der Waals surface area contributed by atoms with E-state index in [1.807, 2.05) is 29.2 Å². The monoisotopic (exact) mass is 403 g/mol. The summed E-state index contributed by atoms with van der Waals surface area (Å²) in [6, 6.07) is 14.2. The molecule has 0 bridgehead atoms. The third-order valence-electron chi connectivity index (χ3n) is 4.42. The number of nitro benzene ring substituents is 1. The van der Waals surface area contributed by atoms with Gasteiger partial charge in [-0.2, -0.15) is 0 Å². The molecule has 1 aliphatic rings. The number of anilines is 2. The summed E-state index contributed by atoms with van der Waals surface area (Å²) in [6.45, 7) is 1.25. The van der Waals surface area contributed by atoms with Crippen molar-refractivity contribution < 1.29 is 9.72 Å². The lowest BCUT2D eigenvalue weighted by Crippen LogP contribution is -2.38. The van der Waals surface area contributed by atoms with Gasteiger partial charge in [0.2, 0.25) is 5.91 Å². The maximum atomic E-state index is 12.5. The van der Waals surface area contributed by atoms with Crippen LogP contribution in [0.5, 0.6) is 0 Å². The molecule has 1 saturated heterocycles. The first-order chi connectivity index (χ1) is 12.1. The van der Waals surface area contributed by atoms with Crippen molar-refractivity contribution >= 4 is 38.9 Å². The van der Waals surface area contributed by atoms with Gasteiger partial charge < -0.3 is 10.2 Å². The van der Waals surface area contributed by atoms with Crippen molar-refractivity contribution in [1.29, 1.82) is 0 Å². The molecule has 25 heavy (non-hydrogen) atoms. The van der Waals surface area contributed by atoms with Crippen LogP contribution in [0.1, 0.15) is 12.8 Å². The van der Waals surface area contributed by atoms with Gasteiger partial charge in [-0.25, -0.2) is 0 Å². The molecule has 0 atom stereocenters. The minimum atomic E-state index is -0.360. The SMILES string of the molecule is O=C(Nc1ccccc1Br)C1CCN(c2ccccc2[N+](=O)[O-])CC1. The van der Waals surface area contributed by atoms with Gasteiger partial charge in [0.25, 0.3) is 5.69 Å². The third-order valence-corrected chi connectivity index (χ3v) is 5.11.